The Morgan fingerprint density at radius 1 is 1.15 bits per heavy atom. The van der Waals surface area contributed by atoms with Gasteiger partial charge in [0, 0.05) is 10.0 Å². The summed E-state index contributed by atoms with van der Waals surface area (Å²) >= 11 is 0. The molecular weight excluding hydrogens is 383 g/mol. The summed E-state index contributed by atoms with van der Waals surface area (Å²) in [5, 5.41) is 3.76. The van der Waals surface area contributed by atoms with Gasteiger partial charge in [0.15, 0.2) is 0 Å². The van der Waals surface area contributed by atoms with Crippen molar-refractivity contribution in [1.29, 1.82) is 0 Å². The summed E-state index contributed by atoms with van der Waals surface area (Å²) in [4.78, 5) is 5.04. The van der Waals surface area contributed by atoms with Crippen molar-refractivity contribution in [3.05, 3.63) is 34.7 Å². The van der Waals surface area contributed by atoms with Crippen molar-refractivity contribution in [3.8, 4) is 0 Å². The van der Waals surface area contributed by atoms with E-state index in [1.807, 2.05) is 11.6 Å². The van der Waals surface area contributed by atoms with Gasteiger partial charge in [-0.3, -0.25) is 9.48 Å². The minimum absolute atomic E-state index is 0.761. The van der Waals surface area contributed by atoms with Gasteiger partial charge in [0.1, 0.15) is 0 Å². The Morgan fingerprint density at radius 3 is 2.27 bits per heavy atom. The Labute approximate surface area is 148 Å². The molecule has 1 aliphatic rings. The fourth-order valence-corrected chi connectivity index (χ4v) is 2.06. The van der Waals surface area contributed by atoms with Gasteiger partial charge in [0.2, 0.25) is 0 Å². The van der Waals surface area contributed by atoms with E-state index in [0.717, 1.165) is 51.3 Å². The van der Waals surface area contributed by atoms with Gasteiger partial charge in [0.05, 0.1) is 26.7 Å². The molecule has 0 spiro atoms. The number of allylic oxidation sites excluding steroid dienone is 4. The molecule has 12 heteroatoms. The summed E-state index contributed by atoms with van der Waals surface area (Å²) in [5.41, 5.74) is 8.54. The molecule has 0 unspecified atom stereocenters. The number of unbranched alkanes of at least 4 members (excludes halogenated alkanes) is 1. The van der Waals surface area contributed by atoms with Gasteiger partial charge < -0.3 is 0 Å². The van der Waals surface area contributed by atoms with E-state index in [1.54, 1.807) is 0 Å². The quantitative estimate of drug-likeness (QED) is 0.0678. The van der Waals surface area contributed by atoms with Crippen molar-refractivity contribution in [2.24, 2.45) is 5.11 Å². The first-order chi connectivity index (χ1) is 11.7. The van der Waals surface area contributed by atoms with Crippen LogP contribution < -0.4 is 0 Å². The molecule has 0 fully saturated rings. The molecule has 0 amide bonds. The molecular formula is C14H24F6N5P. The second-order valence-corrected chi connectivity index (χ2v) is 7.50. The third kappa shape index (κ3) is 17.1. The summed E-state index contributed by atoms with van der Waals surface area (Å²) in [6.07, 6.45) is 13.1. The van der Waals surface area contributed by atoms with Crippen molar-refractivity contribution in [3.63, 3.8) is 0 Å². The predicted molar refractivity (Wildman–Crippen MR) is 92.8 cm³/mol. The van der Waals surface area contributed by atoms with Gasteiger partial charge in [0.25, 0.3) is 5.96 Å². The summed E-state index contributed by atoms with van der Waals surface area (Å²) in [7, 11) is -8.70. The van der Waals surface area contributed by atoms with Gasteiger partial charge in [-0.1, -0.05) is 31.2 Å². The van der Waals surface area contributed by atoms with E-state index in [-0.39, 0.29) is 0 Å². The van der Waals surface area contributed by atoms with Crippen LogP contribution in [-0.2, 0) is 0 Å². The standard InChI is InChI=1S/C14H24N5.F6P/c1-3-4-5-6-7-8-9-10-11-19-13-12-18(2)14(19)16-17-15;1-7(2,3,4,5)6/h4-5,7-8H,3,6,9-13H2,1-2H3;/q+1;-1/b5-4-,8-7-;. The van der Waals surface area contributed by atoms with Crippen LogP contribution in [-0.4, -0.2) is 42.1 Å². The van der Waals surface area contributed by atoms with Crippen molar-refractivity contribution in [2.45, 2.75) is 32.6 Å². The Bertz CT molecular complexity index is 579. The van der Waals surface area contributed by atoms with Gasteiger partial charge in [-0.25, -0.2) is 0 Å². The predicted octanol–water partition coefficient (Wildman–Crippen LogP) is 6.69. The van der Waals surface area contributed by atoms with E-state index in [4.69, 9.17) is 5.53 Å². The van der Waals surface area contributed by atoms with Crippen LogP contribution >= 0.6 is 7.81 Å². The maximum absolute atomic E-state index is 10.7. The van der Waals surface area contributed by atoms with E-state index in [1.165, 1.54) is 0 Å². The molecule has 0 aromatic rings. The van der Waals surface area contributed by atoms with Crippen LogP contribution in [0.3, 0.4) is 0 Å². The Hall–Kier alpha value is -1.73. The zero-order chi connectivity index (χ0) is 20.3. The summed E-state index contributed by atoms with van der Waals surface area (Å²) in [5.74, 6) is 0.761. The second kappa shape index (κ2) is 9.28. The molecule has 0 atom stereocenters. The van der Waals surface area contributed by atoms with Crippen LogP contribution in [0, 0.1) is 0 Å². The molecule has 0 saturated heterocycles. The van der Waals surface area contributed by atoms with Crippen molar-refractivity contribution < 1.29 is 29.8 Å². The van der Waals surface area contributed by atoms with Crippen LogP contribution in [0.4, 0.5) is 25.2 Å². The third-order valence-corrected chi connectivity index (χ3v) is 3.10. The summed E-state index contributed by atoms with van der Waals surface area (Å²) in [6, 6.07) is 0. The van der Waals surface area contributed by atoms with Gasteiger partial charge in [-0.05, 0) is 31.2 Å². The molecule has 0 aromatic heterocycles. The molecule has 1 rings (SSSR count). The Morgan fingerprint density at radius 2 is 1.73 bits per heavy atom. The molecule has 0 saturated carbocycles. The maximum atomic E-state index is 9.87. The topological polar surface area (TPSA) is 55.0 Å². The third-order valence-electron chi connectivity index (χ3n) is 3.10. The number of hydrogen-bond donors (Lipinski definition) is 0. The first-order valence-electron chi connectivity index (χ1n) is 7.99. The molecule has 0 N–H and O–H groups in total. The number of azide groups is 1. The number of rotatable bonds is 7. The van der Waals surface area contributed by atoms with E-state index < -0.39 is 7.81 Å². The van der Waals surface area contributed by atoms with Crippen LogP contribution in [0.5, 0.6) is 0 Å². The number of halogens is 6. The van der Waals surface area contributed by atoms with Crippen LogP contribution in [0.2, 0.25) is 0 Å². The fraction of sp³-hybridized carbons (Fsp3) is 0.643. The molecule has 152 valence electrons. The zero-order valence-corrected chi connectivity index (χ0v) is 15.6. The fourth-order valence-electron chi connectivity index (χ4n) is 2.06. The van der Waals surface area contributed by atoms with Crippen LogP contribution in [0.25, 0.3) is 10.4 Å². The van der Waals surface area contributed by atoms with E-state index in [9.17, 15) is 25.2 Å². The van der Waals surface area contributed by atoms with Crippen LogP contribution in [0.15, 0.2) is 29.4 Å². The van der Waals surface area contributed by atoms with Crippen molar-refractivity contribution in [1.82, 2.24) is 4.90 Å². The summed E-state index contributed by atoms with van der Waals surface area (Å²) < 4.78 is 61.2. The number of hydrogen-bond acceptors (Lipinski definition) is 2. The summed E-state index contributed by atoms with van der Waals surface area (Å²) in [6.45, 7) is 4.98. The minimum atomic E-state index is -10.7. The van der Waals surface area contributed by atoms with Crippen molar-refractivity contribution in [2.75, 3.05) is 26.7 Å². The normalized spacial score (nSPS) is 17.8. The molecule has 5 nitrogen and oxygen atoms in total. The number of nitrogens with zero attached hydrogens (tertiary/aromatic N) is 5. The van der Waals surface area contributed by atoms with Gasteiger partial charge >= 0.3 is 33.0 Å². The van der Waals surface area contributed by atoms with E-state index >= 15 is 0 Å². The van der Waals surface area contributed by atoms with E-state index in [2.05, 4.69) is 46.2 Å². The van der Waals surface area contributed by atoms with Crippen molar-refractivity contribution >= 4 is 13.8 Å². The average Bonchev–Trinajstić information content (AvgIpc) is 2.80. The Kier molecular flexibility index (Phi) is 8.66. The molecule has 0 aromatic carbocycles. The zero-order valence-electron chi connectivity index (χ0n) is 14.7. The molecule has 0 radical (unpaired) electrons. The number of likely N-dealkylation sites (N-methyl/N-ethyl adjacent to an activating group) is 1. The van der Waals surface area contributed by atoms with Gasteiger partial charge in [-0.15, -0.1) is 0 Å². The first kappa shape index (κ1) is 24.3. The van der Waals surface area contributed by atoms with Gasteiger partial charge in [-0.2, -0.15) is 0 Å². The molecule has 1 heterocycles. The molecule has 0 bridgehead atoms. The second-order valence-electron chi connectivity index (χ2n) is 5.59. The SMILES string of the molecule is CC/C=C\C/C=C\CCCN1CC[N+](C)=C1N=[N+]=[N-].F[P-](F)(F)(F)(F)F. The molecule has 1 aliphatic heterocycles. The van der Waals surface area contributed by atoms with E-state index in [0.29, 0.717) is 0 Å². The van der Waals surface area contributed by atoms with Crippen LogP contribution in [0.1, 0.15) is 32.6 Å². The monoisotopic (exact) mass is 407 g/mol. The Balaban J connectivity index is 0.000000758. The average molecular weight is 407 g/mol. The molecule has 26 heavy (non-hydrogen) atoms. The molecule has 0 aliphatic carbocycles. The first-order valence-corrected chi connectivity index (χ1v) is 10.0. The number of guanidine groups is 1.